The summed E-state index contributed by atoms with van der Waals surface area (Å²) in [7, 11) is 1.49. The normalized spacial score (nSPS) is 11.0. The van der Waals surface area contributed by atoms with Crippen LogP contribution in [-0.2, 0) is 16.1 Å². The van der Waals surface area contributed by atoms with Gasteiger partial charge in [-0.2, -0.15) is 0 Å². The molecule has 0 spiro atoms. The van der Waals surface area contributed by atoms with Crippen LogP contribution in [-0.4, -0.2) is 35.5 Å². The average Bonchev–Trinajstić information content (AvgIpc) is 2.44. The number of hydrogen-bond acceptors (Lipinski definition) is 3. The summed E-state index contributed by atoms with van der Waals surface area (Å²) in [5, 5.41) is 0.954. The molecule has 2 rings (SSSR count). The molecule has 0 atom stereocenters. The number of nitrogens with zero attached hydrogens (tertiary/aromatic N) is 1. The number of para-hydroxylation sites is 1. The lowest BCUT2D eigenvalue weighted by atomic mass is 10.1. The van der Waals surface area contributed by atoms with Crippen LogP contribution in [0.4, 0.5) is 0 Å². The van der Waals surface area contributed by atoms with Gasteiger partial charge in [0, 0.05) is 24.2 Å². The van der Waals surface area contributed by atoms with Gasteiger partial charge in [0.1, 0.15) is 6.61 Å². The summed E-state index contributed by atoms with van der Waals surface area (Å²) in [6.45, 7) is 4.13. The number of pyridine rings is 1. The van der Waals surface area contributed by atoms with Gasteiger partial charge in [-0.1, -0.05) is 18.2 Å². The Labute approximate surface area is 123 Å². The molecular weight excluding hydrogens is 268 g/mol. The third kappa shape index (κ3) is 3.49. The quantitative estimate of drug-likeness (QED) is 0.914. The first-order valence-electron chi connectivity index (χ1n) is 6.92. The molecular formula is C16H20N2O3. The van der Waals surface area contributed by atoms with Crippen molar-refractivity contribution in [3.05, 3.63) is 46.2 Å². The minimum absolute atomic E-state index is 0.00137. The van der Waals surface area contributed by atoms with E-state index in [1.54, 1.807) is 4.90 Å². The van der Waals surface area contributed by atoms with Gasteiger partial charge >= 0.3 is 0 Å². The number of carbonyl (C=O) groups excluding carboxylic acids is 1. The van der Waals surface area contributed by atoms with Crippen LogP contribution in [0.5, 0.6) is 0 Å². The van der Waals surface area contributed by atoms with Crippen LogP contribution in [0.2, 0.25) is 0 Å². The highest BCUT2D eigenvalue weighted by atomic mass is 16.5. The van der Waals surface area contributed by atoms with Crippen LogP contribution in [0.1, 0.15) is 19.4 Å². The van der Waals surface area contributed by atoms with E-state index in [-0.39, 0.29) is 30.7 Å². The lowest BCUT2D eigenvalue weighted by Crippen LogP contribution is -2.39. The summed E-state index contributed by atoms with van der Waals surface area (Å²) < 4.78 is 4.90. The molecule has 1 aromatic carbocycles. The summed E-state index contributed by atoms with van der Waals surface area (Å²) in [5.41, 5.74) is 1.21. The maximum Gasteiger partial charge on any atom is 0.253 e. The van der Waals surface area contributed by atoms with Crippen LogP contribution in [0.3, 0.4) is 0 Å². The third-order valence-corrected chi connectivity index (χ3v) is 3.38. The van der Waals surface area contributed by atoms with Crippen LogP contribution in [0.15, 0.2) is 35.1 Å². The number of methoxy groups -OCH3 is 1. The lowest BCUT2D eigenvalue weighted by Gasteiger charge is -2.26. The summed E-state index contributed by atoms with van der Waals surface area (Å²) >= 11 is 0. The van der Waals surface area contributed by atoms with E-state index >= 15 is 0 Å². The number of fused-ring (bicyclic) bond motifs is 1. The van der Waals surface area contributed by atoms with Crippen molar-refractivity contribution in [3.8, 4) is 0 Å². The van der Waals surface area contributed by atoms with Gasteiger partial charge in [-0.05, 0) is 31.4 Å². The van der Waals surface area contributed by atoms with Gasteiger partial charge in [0.25, 0.3) is 5.56 Å². The minimum atomic E-state index is -0.162. The van der Waals surface area contributed by atoms with E-state index in [4.69, 9.17) is 4.74 Å². The van der Waals surface area contributed by atoms with Crippen molar-refractivity contribution in [2.75, 3.05) is 13.7 Å². The lowest BCUT2D eigenvalue weighted by molar-refractivity contribution is -0.137. The summed E-state index contributed by atoms with van der Waals surface area (Å²) in [5.74, 6) is -0.125. The van der Waals surface area contributed by atoms with Gasteiger partial charge in [-0.25, -0.2) is 0 Å². The molecule has 1 amide bonds. The first-order chi connectivity index (χ1) is 10.0. The van der Waals surface area contributed by atoms with Crippen LogP contribution < -0.4 is 5.56 Å². The van der Waals surface area contributed by atoms with E-state index in [2.05, 4.69) is 4.98 Å². The van der Waals surface area contributed by atoms with Crippen molar-refractivity contribution in [1.29, 1.82) is 0 Å². The summed E-state index contributed by atoms with van der Waals surface area (Å²) in [4.78, 5) is 28.7. The van der Waals surface area contributed by atoms with Crippen molar-refractivity contribution >= 4 is 16.8 Å². The molecule has 0 aliphatic rings. The molecule has 0 radical (unpaired) electrons. The average molecular weight is 288 g/mol. The fourth-order valence-corrected chi connectivity index (χ4v) is 2.26. The molecule has 0 unspecified atom stereocenters. The summed E-state index contributed by atoms with van der Waals surface area (Å²) in [6.07, 6.45) is 0. The standard InChI is InChI=1S/C16H20N2O3/c1-11(2)18(15(19)10-21-3)9-13-8-12-6-4-5-7-14(12)17-16(13)20/h4-8,11H,9-10H2,1-3H3,(H,17,20). The highest BCUT2D eigenvalue weighted by molar-refractivity contribution is 5.79. The van der Waals surface area contributed by atoms with E-state index in [0.29, 0.717) is 5.56 Å². The Kier molecular flexibility index (Phi) is 4.75. The molecule has 5 heteroatoms. The van der Waals surface area contributed by atoms with E-state index in [1.165, 1.54) is 7.11 Å². The SMILES string of the molecule is COCC(=O)N(Cc1cc2ccccc2[nH]c1=O)C(C)C. The minimum Gasteiger partial charge on any atom is -0.375 e. The van der Waals surface area contributed by atoms with Crippen LogP contribution in [0.25, 0.3) is 10.9 Å². The Morgan fingerprint density at radius 2 is 2.05 bits per heavy atom. The van der Waals surface area contributed by atoms with Crippen molar-refractivity contribution in [1.82, 2.24) is 9.88 Å². The Morgan fingerprint density at radius 3 is 2.71 bits per heavy atom. The van der Waals surface area contributed by atoms with Crippen molar-refractivity contribution in [2.45, 2.75) is 26.4 Å². The number of rotatable bonds is 5. The molecule has 0 saturated heterocycles. The predicted molar refractivity (Wildman–Crippen MR) is 82.1 cm³/mol. The fourth-order valence-electron chi connectivity index (χ4n) is 2.26. The molecule has 0 saturated carbocycles. The highest BCUT2D eigenvalue weighted by Crippen LogP contribution is 2.12. The Morgan fingerprint density at radius 1 is 1.33 bits per heavy atom. The molecule has 0 aliphatic carbocycles. The van der Waals surface area contributed by atoms with Crippen molar-refractivity contribution in [3.63, 3.8) is 0 Å². The molecule has 21 heavy (non-hydrogen) atoms. The number of benzene rings is 1. The summed E-state index contributed by atoms with van der Waals surface area (Å²) in [6, 6.07) is 9.42. The molecule has 1 aromatic heterocycles. The van der Waals surface area contributed by atoms with Gasteiger partial charge in [0.15, 0.2) is 0 Å². The number of hydrogen-bond donors (Lipinski definition) is 1. The Bertz CT molecular complexity index is 691. The molecule has 0 fully saturated rings. The number of aromatic amines is 1. The second-order valence-corrected chi connectivity index (χ2v) is 5.26. The molecule has 0 aliphatic heterocycles. The largest absolute Gasteiger partial charge is 0.375 e. The van der Waals surface area contributed by atoms with Crippen molar-refractivity contribution in [2.24, 2.45) is 0 Å². The van der Waals surface area contributed by atoms with Gasteiger partial charge in [-0.15, -0.1) is 0 Å². The fraction of sp³-hybridized carbons (Fsp3) is 0.375. The van der Waals surface area contributed by atoms with Gasteiger partial charge in [0.2, 0.25) is 5.91 Å². The number of nitrogens with one attached hydrogen (secondary N) is 1. The number of aromatic nitrogens is 1. The third-order valence-electron chi connectivity index (χ3n) is 3.38. The van der Waals surface area contributed by atoms with E-state index in [9.17, 15) is 9.59 Å². The maximum absolute atomic E-state index is 12.1. The first-order valence-corrected chi connectivity index (χ1v) is 6.92. The van der Waals surface area contributed by atoms with Crippen LogP contribution in [0, 0.1) is 0 Å². The zero-order chi connectivity index (χ0) is 15.4. The van der Waals surface area contributed by atoms with Crippen molar-refractivity contribution < 1.29 is 9.53 Å². The number of ether oxygens (including phenoxy) is 1. The van der Waals surface area contributed by atoms with Gasteiger partial charge in [-0.3, -0.25) is 9.59 Å². The Hall–Kier alpha value is -2.14. The Balaban J connectivity index is 2.34. The van der Waals surface area contributed by atoms with Gasteiger partial charge in [0.05, 0.1) is 6.54 Å². The van der Waals surface area contributed by atoms with E-state index in [1.807, 2.05) is 44.2 Å². The van der Waals surface area contributed by atoms with Crippen LogP contribution >= 0.6 is 0 Å². The topological polar surface area (TPSA) is 62.4 Å². The van der Waals surface area contributed by atoms with Gasteiger partial charge < -0.3 is 14.6 Å². The molecule has 2 aromatic rings. The second kappa shape index (κ2) is 6.54. The number of amides is 1. The monoisotopic (exact) mass is 288 g/mol. The predicted octanol–water partition coefficient (Wildman–Crippen LogP) is 1.91. The highest BCUT2D eigenvalue weighted by Gasteiger charge is 2.18. The molecule has 1 N–H and O–H groups in total. The maximum atomic E-state index is 12.1. The van der Waals surface area contributed by atoms with E-state index < -0.39 is 0 Å². The van der Waals surface area contributed by atoms with E-state index in [0.717, 1.165) is 10.9 Å². The molecule has 1 heterocycles. The number of carbonyl (C=O) groups is 1. The molecule has 0 bridgehead atoms. The smallest absolute Gasteiger partial charge is 0.253 e. The zero-order valence-corrected chi connectivity index (χ0v) is 12.6. The first kappa shape index (κ1) is 15.3. The second-order valence-electron chi connectivity index (χ2n) is 5.26. The number of H-pyrrole nitrogens is 1. The zero-order valence-electron chi connectivity index (χ0n) is 12.6. The molecule has 112 valence electrons. The molecule has 5 nitrogen and oxygen atoms in total.